The zero-order valence-electron chi connectivity index (χ0n) is 17.4. The Balaban J connectivity index is 1.46. The number of rotatable bonds is 4. The maximum atomic E-state index is 13.1. The highest BCUT2D eigenvalue weighted by molar-refractivity contribution is 7.89. The second-order valence-electron chi connectivity index (χ2n) is 8.24. The largest absolute Gasteiger partial charge is 0.379 e. The monoisotopic (exact) mass is 435 g/mol. The minimum Gasteiger partial charge on any atom is -0.379 e. The van der Waals surface area contributed by atoms with Gasteiger partial charge >= 0.3 is 0 Å². The molecule has 3 fully saturated rings. The van der Waals surface area contributed by atoms with Crippen LogP contribution < -0.4 is 0 Å². The zero-order valence-corrected chi connectivity index (χ0v) is 18.2. The number of carbonyl (C=O) groups excluding carboxylic acids is 2. The van der Waals surface area contributed by atoms with E-state index in [1.807, 2.05) is 11.8 Å². The highest BCUT2D eigenvalue weighted by atomic mass is 32.2. The Morgan fingerprint density at radius 2 is 1.60 bits per heavy atom. The average molecular weight is 436 g/mol. The molecule has 164 valence electrons. The van der Waals surface area contributed by atoms with E-state index < -0.39 is 10.0 Å². The summed E-state index contributed by atoms with van der Waals surface area (Å²) >= 11 is 0. The summed E-state index contributed by atoms with van der Waals surface area (Å²) in [6.07, 6.45) is 3.07. The van der Waals surface area contributed by atoms with E-state index in [2.05, 4.69) is 0 Å². The lowest BCUT2D eigenvalue weighted by atomic mass is 9.84. The minimum atomic E-state index is -3.66. The zero-order chi connectivity index (χ0) is 21.3. The van der Waals surface area contributed by atoms with Crippen molar-refractivity contribution in [3.05, 3.63) is 29.3 Å². The van der Waals surface area contributed by atoms with Crippen LogP contribution in [-0.4, -0.2) is 86.8 Å². The van der Waals surface area contributed by atoms with Gasteiger partial charge in [0.25, 0.3) is 5.91 Å². The molecule has 0 atom stereocenters. The number of amides is 2. The third-order valence-electron chi connectivity index (χ3n) is 6.38. The van der Waals surface area contributed by atoms with Crippen LogP contribution in [0.5, 0.6) is 0 Å². The maximum absolute atomic E-state index is 13.1. The lowest BCUT2D eigenvalue weighted by molar-refractivity contribution is -0.139. The summed E-state index contributed by atoms with van der Waals surface area (Å²) in [5, 5.41) is 0. The number of aryl methyl sites for hydroxylation is 1. The Bertz CT molecular complexity index is 915. The Labute approximate surface area is 177 Å². The van der Waals surface area contributed by atoms with Crippen molar-refractivity contribution in [1.29, 1.82) is 0 Å². The molecule has 3 aliphatic rings. The van der Waals surface area contributed by atoms with Crippen LogP contribution in [0.15, 0.2) is 23.1 Å². The molecule has 1 aromatic carbocycles. The SMILES string of the molecule is Cc1ccc(S(=O)(=O)N2CCOCC2)cc1C(=O)N1CCN(C(=O)C2CCC2)CC1. The van der Waals surface area contributed by atoms with Crippen LogP contribution in [0, 0.1) is 12.8 Å². The molecule has 2 amide bonds. The van der Waals surface area contributed by atoms with Crippen molar-refractivity contribution in [3.8, 4) is 0 Å². The molecular formula is C21H29N3O5S. The summed E-state index contributed by atoms with van der Waals surface area (Å²) < 4.78 is 32.6. The van der Waals surface area contributed by atoms with Crippen molar-refractivity contribution in [3.63, 3.8) is 0 Å². The van der Waals surface area contributed by atoms with Crippen LogP contribution in [0.1, 0.15) is 35.2 Å². The van der Waals surface area contributed by atoms with E-state index in [1.165, 1.54) is 10.4 Å². The number of nitrogens with zero attached hydrogens (tertiary/aromatic N) is 3. The Morgan fingerprint density at radius 3 is 2.20 bits per heavy atom. The first-order chi connectivity index (χ1) is 14.4. The van der Waals surface area contributed by atoms with E-state index in [0.717, 1.165) is 24.8 Å². The summed E-state index contributed by atoms with van der Waals surface area (Å²) in [7, 11) is -3.66. The molecule has 0 bridgehead atoms. The summed E-state index contributed by atoms with van der Waals surface area (Å²) in [5.74, 6) is 0.196. The summed E-state index contributed by atoms with van der Waals surface area (Å²) in [4.78, 5) is 29.3. The smallest absolute Gasteiger partial charge is 0.254 e. The van der Waals surface area contributed by atoms with E-state index in [-0.39, 0.29) is 22.6 Å². The lowest BCUT2D eigenvalue weighted by Crippen LogP contribution is -2.52. The number of sulfonamides is 1. The van der Waals surface area contributed by atoms with E-state index in [0.29, 0.717) is 58.0 Å². The predicted molar refractivity (Wildman–Crippen MR) is 111 cm³/mol. The van der Waals surface area contributed by atoms with Gasteiger partial charge in [0.2, 0.25) is 15.9 Å². The van der Waals surface area contributed by atoms with Gasteiger partial charge in [0.1, 0.15) is 0 Å². The number of morpholine rings is 1. The van der Waals surface area contributed by atoms with Gasteiger partial charge in [-0.3, -0.25) is 9.59 Å². The van der Waals surface area contributed by atoms with Gasteiger partial charge in [-0.1, -0.05) is 12.5 Å². The number of hydrogen-bond acceptors (Lipinski definition) is 5. The topological polar surface area (TPSA) is 87.2 Å². The first-order valence-corrected chi connectivity index (χ1v) is 12.1. The molecule has 30 heavy (non-hydrogen) atoms. The fraction of sp³-hybridized carbons (Fsp3) is 0.619. The van der Waals surface area contributed by atoms with Crippen LogP contribution in [0.3, 0.4) is 0 Å². The molecule has 0 N–H and O–H groups in total. The fourth-order valence-corrected chi connectivity index (χ4v) is 5.58. The van der Waals surface area contributed by atoms with Gasteiger partial charge < -0.3 is 14.5 Å². The first-order valence-electron chi connectivity index (χ1n) is 10.6. The van der Waals surface area contributed by atoms with Crippen molar-refractivity contribution in [1.82, 2.24) is 14.1 Å². The van der Waals surface area contributed by atoms with Crippen molar-refractivity contribution < 1.29 is 22.7 Å². The molecule has 2 saturated heterocycles. The Kier molecular flexibility index (Phi) is 6.13. The molecule has 1 saturated carbocycles. The molecule has 8 nitrogen and oxygen atoms in total. The van der Waals surface area contributed by atoms with Crippen LogP contribution in [0.4, 0.5) is 0 Å². The van der Waals surface area contributed by atoms with Gasteiger partial charge in [-0.2, -0.15) is 4.31 Å². The van der Waals surface area contributed by atoms with Crippen molar-refractivity contribution in [2.45, 2.75) is 31.1 Å². The quantitative estimate of drug-likeness (QED) is 0.707. The Morgan fingerprint density at radius 1 is 0.967 bits per heavy atom. The summed E-state index contributed by atoms with van der Waals surface area (Å²) in [6.45, 7) is 5.20. The predicted octanol–water partition coefficient (Wildman–Crippen LogP) is 1.10. The molecule has 0 unspecified atom stereocenters. The van der Waals surface area contributed by atoms with Crippen molar-refractivity contribution in [2.75, 3.05) is 52.5 Å². The first kappa shape index (κ1) is 21.3. The molecule has 0 aromatic heterocycles. The molecule has 1 aliphatic carbocycles. The van der Waals surface area contributed by atoms with Crippen LogP contribution in [-0.2, 0) is 19.6 Å². The molecule has 9 heteroatoms. The second kappa shape index (κ2) is 8.64. The third kappa shape index (κ3) is 4.10. The fourth-order valence-electron chi connectivity index (χ4n) is 4.14. The van der Waals surface area contributed by atoms with Crippen LogP contribution >= 0.6 is 0 Å². The normalized spacial score (nSPS) is 21.4. The van der Waals surface area contributed by atoms with Crippen LogP contribution in [0.2, 0.25) is 0 Å². The number of piperazine rings is 1. The third-order valence-corrected chi connectivity index (χ3v) is 8.27. The molecule has 0 radical (unpaired) electrons. The van der Waals surface area contributed by atoms with Gasteiger partial charge in [-0.15, -0.1) is 0 Å². The average Bonchev–Trinajstić information content (AvgIpc) is 2.73. The highest BCUT2D eigenvalue weighted by Crippen LogP contribution is 2.29. The van der Waals surface area contributed by atoms with Crippen molar-refractivity contribution in [2.24, 2.45) is 5.92 Å². The van der Waals surface area contributed by atoms with Gasteiger partial charge in [0.05, 0.1) is 18.1 Å². The van der Waals surface area contributed by atoms with E-state index in [9.17, 15) is 18.0 Å². The molecule has 2 heterocycles. The summed E-state index contributed by atoms with van der Waals surface area (Å²) in [6, 6.07) is 4.75. The Hall–Kier alpha value is -1.97. The number of hydrogen-bond donors (Lipinski definition) is 0. The maximum Gasteiger partial charge on any atom is 0.254 e. The van der Waals surface area contributed by atoms with Crippen LogP contribution in [0.25, 0.3) is 0 Å². The molecule has 4 rings (SSSR count). The van der Waals surface area contributed by atoms with E-state index >= 15 is 0 Å². The van der Waals surface area contributed by atoms with Gasteiger partial charge in [0.15, 0.2) is 0 Å². The number of benzene rings is 1. The van der Waals surface area contributed by atoms with Gasteiger partial charge in [-0.25, -0.2) is 8.42 Å². The second-order valence-corrected chi connectivity index (χ2v) is 10.2. The number of ether oxygens (including phenoxy) is 1. The number of carbonyl (C=O) groups is 2. The lowest BCUT2D eigenvalue weighted by Gasteiger charge is -2.38. The van der Waals surface area contributed by atoms with Crippen molar-refractivity contribution >= 4 is 21.8 Å². The molecular weight excluding hydrogens is 406 g/mol. The van der Waals surface area contributed by atoms with Gasteiger partial charge in [0, 0.05) is 50.7 Å². The standard InChI is InChI=1S/C21H29N3O5S/c1-16-5-6-18(30(27,28)24-11-13-29-14-12-24)15-19(16)21(26)23-9-7-22(8-10-23)20(25)17-3-2-4-17/h5-6,15,17H,2-4,7-14H2,1H3. The van der Waals surface area contributed by atoms with E-state index in [1.54, 1.807) is 17.0 Å². The molecule has 1 aromatic rings. The minimum absolute atomic E-state index is 0.136. The highest BCUT2D eigenvalue weighted by Gasteiger charge is 2.33. The summed E-state index contributed by atoms with van der Waals surface area (Å²) in [5.41, 5.74) is 1.15. The van der Waals surface area contributed by atoms with Gasteiger partial charge in [-0.05, 0) is 37.5 Å². The molecule has 2 aliphatic heterocycles. The molecule has 0 spiro atoms. The van der Waals surface area contributed by atoms with E-state index in [4.69, 9.17) is 4.74 Å².